The van der Waals surface area contributed by atoms with Gasteiger partial charge in [0.15, 0.2) is 0 Å². The Hall–Kier alpha value is -0.150. The fourth-order valence-electron chi connectivity index (χ4n) is 0.705. The van der Waals surface area contributed by atoms with E-state index in [9.17, 15) is 0 Å². The second-order valence-electron chi connectivity index (χ2n) is 1.91. The summed E-state index contributed by atoms with van der Waals surface area (Å²) in [6.07, 6.45) is 0.988. The molecular weight excluding hydrogens is 162 g/mol. The SMILES string of the molecule is CCc1cccc(SS)n1. The van der Waals surface area contributed by atoms with Gasteiger partial charge in [0.25, 0.3) is 0 Å². The summed E-state index contributed by atoms with van der Waals surface area (Å²) in [4.78, 5) is 4.30. The van der Waals surface area contributed by atoms with Gasteiger partial charge in [-0.1, -0.05) is 13.0 Å². The second kappa shape index (κ2) is 3.88. The van der Waals surface area contributed by atoms with Gasteiger partial charge in [-0.2, -0.15) is 0 Å². The van der Waals surface area contributed by atoms with Gasteiger partial charge in [-0.15, -0.1) is 11.7 Å². The zero-order chi connectivity index (χ0) is 7.40. The van der Waals surface area contributed by atoms with Crippen LogP contribution in [0.25, 0.3) is 0 Å². The fourth-order valence-corrected chi connectivity index (χ4v) is 1.31. The van der Waals surface area contributed by atoms with Crippen molar-refractivity contribution in [1.82, 2.24) is 4.98 Å². The molecule has 10 heavy (non-hydrogen) atoms. The van der Waals surface area contributed by atoms with E-state index in [-0.39, 0.29) is 0 Å². The molecule has 0 saturated carbocycles. The minimum atomic E-state index is 0.975. The normalized spacial score (nSPS) is 9.80. The maximum atomic E-state index is 4.30. The van der Waals surface area contributed by atoms with Gasteiger partial charge in [-0.25, -0.2) is 4.98 Å². The molecule has 0 bridgehead atoms. The molecule has 1 nitrogen and oxygen atoms in total. The number of nitrogens with zero attached hydrogens (tertiary/aromatic N) is 1. The van der Waals surface area contributed by atoms with Crippen LogP contribution in [0.5, 0.6) is 0 Å². The van der Waals surface area contributed by atoms with E-state index >= 15 is 0 Å². The van der Waals surface area contributed by atoms with Gasteiger partial charge < -0.3 is 0 Å². The number of aromatic nitrogens is 1. The molecule has 54 valence electrons. The fraction of sp³-hybridized carbons (Fsp3) is 0.286. The molecule has 0 aliphatic heterocycles. The summed E-state index contributed by atoms with van der Waals surface area (Å²) in [5.41, 5.74) is 1.12. The highest BCUT2D eigenvalue weighted by molar-refractivity contribution is 8.68. The van der Waals surface area contributed by atoms with Gasteiger partial charge >= 0.3 is 0 Å². The smallest absolute Gasteiger partial charge is 0.107 e. The van der Waals surface area contributed by atoms with Gasteiger partial charge in [0.2, 0.25) is 0 Å². The van der Waals surface area contributed by atoms with Crippen molar-refractivity contribution in [3.8, 4) is 0 Å². The van der Waals surface area contributed by atoms with Crippen molar-refractivity contribution in [1.29, 1.82) is 0 Å². The van der Waals surface area contributed by atoms with E-state index in [0.29, 0.717) is 0 Å². The zero-order valence-corrected chi connectivity index (χ0v) is 7.45. The number of thiol groups is 1. The molecule has 0 unspecified atom stereocenters. The highest BCUT2D eigenvalue weighted by Crippen LogP contribution is 2.18. The Labute approximate surface area is 70.1 Å². The summed E-state index contributed by atoms with van der Waals surface area (Å²) in [6.45, 7) is 2.09. The maximum absolute atomic E-state index is 4.30. The van der Waals surface area contributed by atoms with Crippen LogP contribution in [0.2, 0.25) is 0 Å². The van der Waals surface area contributed by atoms with Crippen molar-refractivity contribution in [2.45, 2.75) is 18.4 Å². The minimum absolute atomic E-state index is 0.975. The first-order valence-electron chi connectivity index (χ1n) is 3.14. The van der Waals surface area contributed by atoms with Crippen LogP contribution in [0, 0.1) is 0 Å². The van der Waals surface area contributed by atoms with E-state index in [2.05, 4.69) is 23.6 Å². The third kappa shape index (κ3) is 1.92. The van der Waals surface area contributed by atoms with E-state index in [1.807, 2.05) is 18.2 Å². The Morgan fingerprint density at radius 3 is 3.00 bits per heavy atom. The van der Waals surface area contributed by atoms with Crippen LogP contribution in [0.1, 0.15) is 12.6 Å². The Bertz CT molecular complexity index is 193. The van der Waals surface area contributed by atoms with Gasteiger partial charge in [0.05, 0.1) is 0 Å². The molecule has 0 atom stereocenters. The molecule has 0 spiro atoms. The molecule has 1 aromatic rings. The lowest BCUT2D eigenvalue weighted by Gasteiger charge is -1.96. The lowest BCUT2D eigenvalue weighted by Crippen LogP contribution is -1.85. The van der Waals surface area contributed by atoms with Crippen LogP contribution in [0.3, 0.4) is 0 Å². The van der Waals surface area contributed by atoms with E-state index in [4.69, 9.17) is 0 Å². The molecule has 0 aliphatic rings. The molecule has 0 aliphatic carbocycles. The first kappa shape index (κ1) is 7.95. The molecule has 0 amide bonds. The van der Waals surface area contributed by atoms with E-state index in [1.54, 1.807) is 0 Å². The predicted molar refractivity (Wildman–Crippen MR) is 48.5 cm³/mol. The lowest BCUT2D eigenvalue weighted by molar-refractivity contribution is 0.975. The molecule has 1 rings (SSSR count). The van der Waals surface area contributed by atoms with Crippen LogP contribution in [0.4, 0.5) is 0 Å². The topological polar surface area (TPSA) is 12.9 Å². The molecule has 0 fully saturated rings. The molecule has 0 saturated heterocycles. The van der Waals surface area contributed by atoms with Crippen molar-refractivity contribution < 1.29 is 0 Å². The molecule has 1 aromatic heterocycles. The van der Waals surface area contributed by atoms with Crippen molar-refractivity contribution in [3.63, 3.8) is 0 Å². The van der Waals surface area contributed by atoms with Crippen LogP contribution >= 0.6 is 22.5 Å². The average molecular weight is 171 g/mol. The van der Waals surface area contributed by atoms with Gasteiger partial charge in [0, 0.05) is 5.69 Å². The monoisotopic (exact) mass is 171 g/mol. The molecule has 3 heteroatoms. The molecule has 1 heterocycles. The third-order valence-electron chi connectivity index (χ3n) is 1.24. The summed E-state index contributed by atoms with van der Waals surface area (Å²) in [5.74, 6) is 0. The summed E-state index contributed by atoms with van der Waals surface area (Å²) >= 11 is 4.05. The van der Waals surface area contributed by atoms with Crippen LogP contribution < -0.4 is 0 Å². The Kier molecular flexibility index (Phi) is 3.09. The highest BCUT2D eigenvalue weighted by Gasteiger charge is 1.92. The van der Waals surface area contributed by atoms with E-state index in [1.165, 1.54) is 10.8 Å². The largest absolute Gasteiger partial charge is 0.246 e. The summed E-state index contributed by atoms with van der Waals surface area (Å²) < 4.78 is 0. The Morgan fingerprint density at radius 1 is 1.60 bits per heavy atom. The van der Waals surface area contributed by atoms with Crippen LogP contribution in [-0.4, -0.2) is 4.98 Å². The molecule has 0 aromatic carbocycles. The van der Waals surface area contributed by atoms with Crippen molar-refractivity contribution in [2.75, 3.05) is 0 Å². The molecular formula is C7H9NS2. The average Bonchev–Trinajstić information content (AvgIpc) is 2.05. The zero-order valence-electron chi connectivity index (χ0n) is 5.74. The van der Waals surface area contributed by atoms with Gasteiger partial charge in [-0.3, -0.25) is 0 Å². The number of hydrogen-bond donors (Lipinski definition) is 1. The van der Waals surface area contributed by atoms with Crippen molar-refractivity contribution in [3.05, 3.63) is 23.9 Å². The van der Waals surface area contributed by atoms with Gasteiger partial charge in [-0.05, 0) is 29.3 Å². The lowest BCUT2D eigenvalue weighted by atomic mass is 10.3. The molecule has 0 radical (unpaired) electrons. The quantitative estimate of drug-likeness (QED) is 0.542. The predicted octanol–water partition coefficient (Wildman–Crippen LogP) is 2.58. The van der Waals surface area contributed by atoms with E-state index in [0.717, 1.165) is 17.1 Å². The van der Waals surface area contributed by atoms with E-state index < -0.39 is 0 Å². The first-order valence-corrected chi connectivity index (χ1v) is 5.01. The number of rotatable bonds is 2. The van der Waals surface area contributed by atoms with Crippen molar-refractivity contribution in [2.24, 2.45) is 0 Å². The summed E-state index contributed by atoms with van der Waals surface area (Å²) in [7, 11) is 1.38. The number of pyridine rings is 1. The second-order valence-corrected chi connectivity index (χ2v) is 3.06. The highest BCUT2D eigenvalue weighted by atomic mass is 33.1. The number of aryl methyl sites for hydroxylation is 1. The molecule has 0 N–H and O–H groups in total. The number of hydrogen-bond acceptors (Lipinski definition) is 3. The third-order valence-corrected chi connectivity index (χ3v) is 2.21. The summed E-state index contributed by atoms with van der Waals surface area (Å²) in [6, 6.07) is 5.98. The standard InChI is InChI=1S/C7H9NS2/c1-2-6-4-3-5-7(8-6)10-9/h3-5,9H,2H2,1H3. The minimum Gasteiger partial charge on any atom is -0.246 e. The Morgan fingerprint density at radius 2 is 2.40 bits per heavy atom. The van der Waals surface area contributed by atoms with Crippen LogP contribution in [0.15, 0.2) is 23.2 Å². The van der Waals surface area contributed by atoms with Crippen molar-refractivity contribution >= 4 is 22.5 Å². The first-order chi connectivity index (χ1) is 4.86. The maximum Gasteiger partial charge on any atom is 0.107 e. The van der Waals surface area contributed by atoms with Gasteiger partial charge in [0.1, 0.15) is 5.03 Å². The Balaban J connectivity index is 2.87. The van der Waals surface area contributed by atoms with Crippen LogP contribution in [-0.2, 0) is 6.42 Å². The summed E-state index contributed by atoms with van der Waals surface area (Å²) in [5, 5.41) is 0.975.